The van der Waals surface area contributed by atoms with Crippen molar-refractivity contribution in [2.24, 2.45) is 0 Å². The van der Waals surface area contributed by atoms with Gasteiger partial charge in [-0.2, -0.15) is 4.98 Å². The number of thiophene rings is 1. The number of rotatable bonds is 6. The van der Waals surface area contributed by atoms with Crippen molar-refractivity contribution in [1.29, 1.82) is 0 Å². The molecule has 27 heavy (non-hydrogen) atoms. The Morgan fingerprint density at radius 2 is 2.04 bits per heavy atom. The molecule has 0 amide bonds. The van der Waals surface area contributed by atoms with Crippen molar-refractivity contribution in [3.8, 4) is 22.1 Å². The van der Waals surface area contributed by atoms with Gasteiger partial charge in [-0.05, 0) is 48.6 Å². The van der Waals surface area contributed by atoms with E-state index in [9.17, 15) is 4.39 Å². The summed E-state index contributed by atoms with van der Waals surface area (Å²) in [6.45, 7) is 0. The van der Waals surface area contributed by atoms with E-state index in [2.05, 4.69) is 31.0 Å². The van der Waals surface area contributed by atoms with Crippen LogP contribution in [0.2, 0.25) is 0 Å². The fourth-order valence-corrected chi connectivity index (χ4v) is 4.32. The van der Waals surface area contributed by atoms with Crippen molar-refractivity contribution in [1.82, 2.24) is 24.9 Å². The third-order valence-corrected chi connectivity index (χ3v) is 6.01. The summed E-state index contributed by atoms with van der Waals surface area (Å²) in [6.07, 6.45) is 2.30. The maximum atomic E-state index is 13.0. The Balaban J connectivity index is 1.34. The zero-order chi connectivity index (χ0) is 18.2. The average molecular weight is 399 g/mol. The Morgan fingerprint density at radius 1 is 1.19 bits per heavy atom. The summed E-state index contributed by atoms with van der Waals surface area (Å²) in [6, 6.07) is 10.6. The average Bonchev–Trinajstić information content (AvgIpc) is 3.10. The van der Waals surface area contributed by atoms with Crippen molar-refractivity contribution in [3.05, 3.63) is 53.5 Å². The number of halogens is 1. The van der Waals surface area contributed by atoms with Gasteiger partial charge in [-0.15, -0.1) is 21.5 Å². The maximum Gasteiger partial charge on any atom is 0.237 e. The molecule has 136 valence electrons. The van der Waals surface area contributed by atoms with Crippen molar-refractivity contribution < 1.29 is 8.91 Å². The highest BCUT2D eigenvalue weighted by Crippen LogP contribution is 2.42. The Labute approximate surface area is 162 Å². The summed E-state index contributed by atoms with van der Waals surface area (Å²) in [5, 5.41) is 15.7. The molecule has 1 aliphatic rings. The number of hydrogen-bond acceptors (Lipinski definition) is 7. The molecule has 1 aliphatic carbocycles. The van der Waals surface area contributed by atoms with E-state index in [1.54, 1.807) is 23.5 Å². The summed E-state index contributed by atoms with van der Waals surface area (Å²) in [5.41, 5.74) is 0.720. The van der Waals surface area contributed by atoms with Gasteiger partial charge in [-0.1, -0.05) is 23.0 Å². The summed E-state index contributed by atoms with van der Waals surface area (Å²) >= 11 is 3.20. The number of aromatic nitrogens is 5. The quantitative estimate of drug-likeness (QED) is 0.433. The molecule has 3 heterocycles. The Kier molecular flexibility index (Phi) is 4.25. The van der Waals surface area contributed by atoms with E-state index >= 15 is 0 Å². The molecule has 0 spiro atoms. The molecule has 1 saturated carbocycles. The fourth-order valence-electron chi connectivity index (χ4n) is 2.77. The third kappa shape index (κ3) is 3.40. The lowest BCUT2D eigenvalue weighted by Crippen LogP contribution is -1.99. The standard InChI is InChI=1S/C18H14FN5OS2/c19-12-5-3-11(4-6-12)16-20-15(25-23-16)10-27-18-22-21-17(14-2-1-9-26-14)24(18)13-7-8-13/h1-6,9,13H,7-8,10H2. The molecule has 0 radical (unpaired) electrons. The molecule has 5 rings (SSSR count). The largest absolute Gasteiger partial charge is 0.338 e. The maximum absolute atomic E-state index is 13.0. The van der Waals surface area contributed by atoms with Crippen LogP contribution in [0.5, 0.6) is 0 Å². The second-order valence-corrected chi connectivity index (χ2v) is 8.08. The zero-order valence-electron chi connectivity index (χ0n) is 14.1. The first-order valence-electron chi connectivity index (χ1n) is 8.48. The molecule has 0 aliphatic heterocycles. The number of nitrogens with zero attached hydrogens (tertiary/aromatic N) is 5. The molecule has 6 nitrogen and oxygen atoms in total. The van der Waals surface area contributed by atoms with Gasteiger partial charge in [0.25, 0.3) is 0 Å². The topological polar surface area (TPSA) is 69.6 Å². The van der Waals surface area contributed by atoms with E-state index in [1.165, 1.54) is 23.9 Å². The molecule has 9 heteroatoms. The van der Waals surface area contributed by atoms with Gasteiger partial charge in [0.2, 0.25) is 11.7 Å². The first kappa shape index (κ1) is 16.6. The molecule has 3 aromatic heterocycles. The van der Waals surface area contributed by atoms with Gasteiger partial charge < -0.3 is 4.52 Å². The molecule has 0 bridgehead atoms. The molecule has 0 unspecified atom stereocenters. The number of thioether (sulfide) groups is 1. The smallest absolute Gasteiger partial charge is 0.237 e. The van der Waals surface area contributed by atoms with E-state index in [0.717, 1.165) is 34.3 Å². The van der Waals surface area contributed by atoms with Crippen LogP contribution in [0.1, 0.15) is 24.8 Å². The van der Waals surface area contributed by atoms with Gasteiger partial charge in [0, 0.05) is 11.6 Å². The lowest BCUT2D eigenvalue weighted by atomic mass is 10.2. The molecule has 0 saturated heterocycles. The van der Waals surface area contributed by atoms with Crippen molar-refractivity contribution in [3.63, 3.8) is 0 Å². The van der Waals surface area contributed by atoms with E-state index < -0.39 is 0 Å². The van der Waals surface area contributed by atoms with Gasteiger partial charge in [0.15, 0.2) is 11.0 Å². The first-order chi connectivity index (χ1) is 13.3. The molecule has 4 aromatic rings. The summed E-state index contributed by atoms with van der Waals surface area (Å²) in [5.74, 6) is 2.09. The minimum atomic E-state index is -0.293. The molecular formula is C18H14FN5OS2. The summed E-state index contributed by atoms with van der Waals surface area (Å²) < 4.78 is 20.6. The summed E-state index contributed by atoms with van der Waals surface area (Å²) in [7, 11) is 0. The molecule has 1 aromatic carbocycles. The van der Waals surface area contributed by atoms with Crippen molar-refractivity contribution >= 4 is 23.1 Å². The lowest BCUT2D eigenvalue weighted by molar-refractivity contribution is 0.391. The third-order valence-electron chi connectivity index (χ3n) is 4.21. The van der Waals surface area contributed by atoms with Crippen molar-refractivity contribution in [2.75, 3.05) is 0 Å². The molecule has 1 fully saturated rings. The lowest BCUT2D eigenvalue weighted by Gasteiger charge is -2.06. The molecule has 0 atom stereocenters. The van der Waals surface area contributed by atoms with E-state index in [4.69, 9.17) is 4.52 Å². The van der Waals surface area contributed by atoms with Crippen LogP contribution in [0.3, 0.4) is 0 Å². The molecule has 0 N–H and O–H groups in total. The normalized spacial score (nSPS) is 14.0. The Hall–Kier alpha value is -2.52. The van der Waals surface area contributed by atoms with Gasteiger partial charge in [0.05, 0.1) is 10.6 Å². The summed E-state index contributed by atoms with van der Waals surface area (Å²) in [4.78, 5) is 5.52. The van der Waals surface area contributed by atoms with Crippen LogP contribution in [0.4, 0.5) is 4.39 Å². The van der Waals surface area contributed by atoms with Crippen LogP contribution in [-0.2, 0) is 5.75 Å². The monoisotopic (exact) mass is 399 g/mol. The van der Waals surface area contributed by atoms with Crippen LogP contribution >= 0.6 is 23.1 Å². The van der Waals surface area contributed by atoms with E-state index in [-0.39, 0.29) is 5.82 Å². The van der Waals surface area contributed by atoms with Crippen LogP contribution in [-0.4, -0.2) is 24.9 Å². The predicted octanol–water partition coefficient (Wildman–Crippen LogP) is 4.82. The van der Waals surface area contributed by atoms with Gasteiger partial charge in [-0.25, -0.2) is 4.39 Å². The van der Waals surface area contributed by atoms with Gasteiger partial charge >= 0.3 is 0 Å². The van der Waals surface area contributed by atoms with Crippen LogP contribution in [0.15, 0.2) is 51.5 Å². The second-order valence-electron chi connectivity index (χ2n) is 6.19. The fraction of sp³-hybridized carbons (Fsp3) is 0.222. The highest BCUT2D eigenvalue weighted by atomic mass is 32.2. The van der Waals surface area contributed by atoms with Crippen LogP contribution in [0, 0.1) is 5.82 Å². The zero-order valence-corrected chi connectivity index (χ0v) is 15.7. The van der Waals surface area contributed by atoms with Crippen LogP contribution in [0.25, 0.3) is 22.1 Å². The molecular weight excluding hydrogens is 385 g/mol. The highest BCUT2D eigenvalue weighted by Gasteiger charge is 2.30. The van der Waals surface area contributed by atoms with E-state index in [1.807, 2.05) is 11.4 Å². The van der Waals surface area contributed by atoms with Crippen LogP contribution < -0.4 is 0 Å². The number of hydrogen-bond donors (Lipinski definition) is 0. The second kappa shape index (κ2) is 6.90. The Morgan fingerprint density at radius 3 is 2.78 bits per heavy atom. The first-order valence-corrected chi connectivity index (χ1v) is 10.3. The van der Waals surface area contributed by atoms with E-state index in [0.29, 0.717) is 23.5 Å². The minimum absolute atomic E-state index is 0.293. The predicted molar refractivity (Wildman–Crippen MR) is 101 cm³/mol. The Bertz CT molecular complexity index is 1050. The number of benzene rings is 1. The SMILES string of the molecule is Fc1ccc(-c2noc(CSc3nnc(-c4cccs4)n3C3CC3)n2)cc1. The van der Waals surface area contributed by atoms with Crippen molar-refractivity contribution in [2.45, 2.75) is 29.8 Å². The van der Waals surface area contributed by atoms with Gasteiger partial charge in [0.1, 0.15) is 5.82 Å². The minimum Gasteiger partial charge on any atom is -0.338 e. The highest BCUT2D eigenvalue weighted by molar-refractivity contribution is 7.98. The van der Waals surface area contributed by atoms with Gasteiger partial charge in [-0.3, -0.25) is 4.57 Å².